The van der Waals surface area contributed by atoms with Gasteiger partial charge in [-0.25, -0.2) is 0 Å². The summed E-state index contributed by atoms with van der Waals surface area (Å²) in [5.74, 6) is 1.26. The summed E-state index contributed by atoms with van der Waals surface area (Å²) in [6.45, 7) is 6.24. The molecule has 0 spiro atoms. The van der Waals surface area contributed by atoms with Crippen molar-refractivity contribution < 1.29 is 4.52 Å². The molecule has 0 saturated heterocycles. The second-order valence-electron chi connectivity index (χ2n) is 3.23. The van der Waals surface area contributed by atoms with E-state index in [0.29, 0.717) is 18.3 Å². The maximum Gasteiger partial charge on any atom is 0.233 e. The van der Waals surface area contributed by atoms with E-state index in [4.69, 9.17) is 10.3 Å². The van der Waals surface area contributed by atoms with Crippen LogP contribution in [0.15, 0.2) is 4.52 Å². The molecule has 0 aliphatic carbocycles. The Morgan fingerprint density at radius 1 is 1.50 bits per heavy atom. The van der Waals surface area contributed by atoms with Gasteiger partial charge in [0.25, 0.3) is 0 Å². The molecule has 0 amide bonds. The highest BCUT2D eigenvalue weighted by Crippen LogP contribution is 2.18. The fourth-order valence-electron chi connectivity index (χ4n) is 0.659. The topological polar surface area (TPSA) is 64.9 Å². The van der Waals surface area contributed by atoms with E-state index in [1.165, 1.54) is 0 Å². The van der Waals surface area contributed by atoms with Crippen LogP contribution >= 0.6 is 12.4 Å². The van der Waals surface area contributed by atoms with Crippen LogP contribution in [0.1, 0.15) is 25.6 Å². The predicted octanol–water partition coefficient (Wildman–Crippen LogP) is 1.04. The number of nitrogens with two attached hydrogens (primary N) is 1. The molecular formula is C7H14ClN3O. The molecular weight excluding hydrogens is 178 g/mol. The minimum Gasteiger partial charge on any atom is -0.339 e. The fourth-order valence-corrected chi connectivity index (χ4v) is 0.659. The van der Waals surface area contributed by atoms with E-state index in [1.807, 2.05) is 13.8 Å². The lowest BCUT2D eigenvalue weighted by molar-refractivity contribution is 0.310. The van der Waals surface area contributed by atoms with E-state index in [9.17, 15) is 0 Å². The van der Waals surface area contributed by atoms with Crippen molar-refractivity contribution in [1.29, 1.82) is 0 Å². The number of hydrogen-bond acceptors (Lipinski definition) is 4. The lowest BCUT2D eigenvalue weighted by Crippen LogP contribution is -2.28. The van der Waals surface area contributed by atoms with Crippen molar-refractivity contribution in [1.82, 2.24) is 10.1 Å². The number of nitrogens with zero attached hydrogens (tertiary/aromatic N) is 2. The normalized spacial score (nSPS) is 11.0. The third-order valence-electron chi connectivity index (χ3n) is 1.62. The third kappa shape index (κ3) is 2.19. The van der Waals surface area contributed by atoms with Gasteiger partial charge in [-0.1, -0.05) is 5.16 Å². The van der Waals surface area contributed by atoms with Crippen LogP contribution in [0, 0.1) is 6.92 Å². The van der Waals surface area contributed by atoms with Gasteiger partial charge in [-0.2, -0.15) is 4.98 Å². The van der Waals surface area contributed by atoms with Crippen molar-refractivity contribution in [3.63, 3.8) is 0 Å². The van der Waals surface area contributed by atoms with Crippen LogP contribution in [0.25, 0.3) is 0 Å². The molecule has 0 saturated carbocycles. The Bertz CT molecular complexity index is 247. The molecule has 0 fully saturated rings. The van der Waals surface area contributed by atoms with Crippen LogP contribution in [0.5, 0.6) is 0 Å². The number of aryl methyl sites for hydroxylation is 1. The smallest absolute Gasteiger partial charge is 0.233 e. The van der Waals surface area contributed by atoms with Gasteiger partial charge in [-0.3, -0.25) is 0 Å². The highest BCUT2D eigenvalue weighted by Gasteiger charge is 2.24. The molecule has 0 atom stereocenters. The summed E-state index contributed by atoms with van der Waals surface area (Å²) in [6.07, 6.45) is 0. The molecule has 1 rings (SSSR count). The van der Waals surface area contributed by atoms with Crippen LogP contribution in [-0.4, -0.2) is 16.7 Å². The molecule has 0 radical (unpaired) electrons. The van der Waals surface area contributed by atoms with Crippen molar-refractivity contribution in [3.05, 3.63) is 11.7 Å². The summed E-state index contributed by atoms with van der Waals surface area (Å²) in [6, 6.07) is 0. The first-order valence-corrected chi connectivity index (χ1v) is 3.57. The Kier molecular flexibility index (Phi) is 3.67. The van der Waals surface area contributed by atoms with Crippen molar-refractivity contribution in [3.8, 4) is 0 Å². The standard InChI is InChI=1S/C7H13N3O.ClH/c1-5-9-6(11-10-5)7(2,3)4-8;/h4,8H2,1-3H3;1H. The molecule has 0 aromatic carbocycles. The average molecular weight is 192 g/mol. The molecule has 0 aliphatic rings. The molecule has 0 unspecified atom stereocenters. The van der Waals surface area contributed by atoms with Gasteiger partial charge in [0, 0.05) is 6.54 Å². The first-order chi connectivity index (χ1) is 5.06. The summed E-state index contributed by atoms with van der Waals surface area (Å²) in [5, 5.41) is 3.69. The van der Waals surface area contributed by atoms with Crippen LogP contribution in [-0.2, 0) is 5.41 Å². The van der Waals surface area contributed by atoms with Crippen LogP contribution in [0.2, 0.25) is 0 Å². The van der Waals surface area contributed by atoms with E-state index in [-0.39, 0.29) is 17.8 Å². The minimum absolute atomic E-state index is 0. The molecule has 1 aromatic heterocycles. The third-order valence-corrected chi connectivity index (χ3v) is 1.62. The summed E-state index contributed by atoms with van der Waals surface area (Å²) < 4.78 is 4.98. The zero-order chi connectivity index (χ0) is 8.48. The Hall–Kier alpha value is -0.610. The van der Waals surface area contributed by atoms with Gasteiger partial charge in [0.15, 0.2) is 5.82 Å². The molecule has 0 aliphatic heterocycles. The number of halogens is 1. The van der Waals surface area contributed by atoms with E-state index < -0.39 is 0 Å². The molecule has 1 aromatic rings. The molecule has 70 valence electrons. The van der Waals surface area contributed by atoms with E-state index >= 15 is 0 Å². The molecule has 1 heterocycles. The minimum atomic E-state index is -0.207. The quantitative estimate of drug-likeness (QED) is 0.759. The number of hydrogen-bond donors (Lipinski definition) is 1. The monoisotopic (exact) mass is 191 g/mol. The van der Waals surface area contributed by atoms with Crippen LogP contribution in [0.3, 0.4) is 0 Å². The zero-order valence-electron chi connectivity index (χ0n) is 7.50. The van der Waals surface area contributed by atoms with Crippen molar-refractivity contribution in [2.24, 2.45) is 5.73 Å². The predicted molar refractivity (Wildman–Crippen MR) is 48.4 cm³/mol. The highest BCUT2D eigenvalue weighted by molar-refractivity contribution is 5.85. The van der Waals surface area contributed by atoms with Crippen LogP contribution in [0.4, 0.5) is 0 Å². The first-order valence-electron chi connectivity index (χ1n) is 3.57. The lowest BCUT2D eigenvalue weighted by Gasteiger charge is -2.15. The molecule has 4 nitrogen and oxygen atoms in total. The second-order valence-corrected chi connectivity index (χ2v) is 3.23. The second kappa shape index (κ2) is 3.87. The summed E-state index contributed by atoms with van der Waals surface area (Å²) in [7, 11) is 0. The van der Waals surface area contributed by atoms with Gasteiger partial charge in [-0.05, 0) is 20.8 Å². The Morgan fingerprint density at radius 3 is 2.42 bits per heavy atom. The molecule has 12 heavy (non-hydrogen) atoms. The van der Waals surface area contributed by atoms with Gasteiger partial charge < -0.3 is 10.3 Å². The van der Waals surface area contributed by atoms with Gasteiger partial charge in [-0.15, -0.1) is 12.4 Å². The maximum atomic E-state index is 5.52. The van der Waals surface area contributed by atoms with Crippen molar-refractivity contribution in [2.75, 3.05) is 6.54 Å². The van der Waals surface area contributed by atoms with Crippen LogP contribution < -0.4 is 5.73 Å². The highest BCUT2D eigenvalue weighted by atomic mass is 35.5. The van der Waals surface area contributed by atoms with Gasteiger partial charge in [0.2, 0.25) is 5.89 Å². The van der Waals surface area contributed by atoms with E-state index in [1.54, 1.807) is 6.92 Å². The zero-order valence-corrected chi connectivity index (χ0v) is 8.31. The largest absolute Gasteiger partial charge is 0.339 e. The lowest BCUT2D eigenvalue weighted by atomic mass is 9.94. The van der Waals surface area contributed by atoms with Gasteiger partial charge >= 0.3 is 0 Å². The van der Waals surface area contributed by atoms with Crippen molar-refractivity contribution in [2.45, 2.75) is 26.2 Å². The number of rotatable bonds is 2. The first kappa shape index (κ1) is 11.4. The van der Waals surface area contributed by atoms with E-state index in [0.717, 1.165) is 0 Å². The molecule has 0 bridgehead atoms. The molecule has 2 N–H and O–H groups in total. The Labute approximate surface area is 77.9 Å². The van der Waals surface area contributed by atoms with Gasteiger partial charge in [0.1, 0.15) is 0 Å². The fraction of sp³-hybridized carbons (Fsp3) is 0.714. The summed E-state index contributed by atoms with van der Waals surface area (Å²) >= 11 is 0. The van der Waals surface area contributed by atoms with Crippen molar-refractivity contribution >= 4 is 12.4 Å². The SMILES string of the molecule is Cc1noc(C(C)(C)CN)n1.Cl. The Morgan fingerprint density at radius 2 is 2.08 bits per heavy atom. The summed E-state index contributed by atoms with van der Waals surface area (Å²) in [4.78, 5) is 4.10. The summed E-state index contributed by atoms with van der Waals surface area (Å²) in [5.41, 5.74) is 5.31. The van der Waals surface area contributed by atoms with Gasteiger partial charge in [0.05, 0.1) is 5.41 Å². The number of aromatic nitrogens is 2. The maximum absolute atomic E-state index is 5.52. The molecule has 5 heteroatoms. The Balaban J connectivity index is 0.00000121. The average Bonchev–Trinajstić information content (AvgIpc) is 2.36. The van der Waals surface area contributed by atoms with E-state index in [2.05, 4.69) is 10.1 Å².